The summed E-state index contributed by atoms with van der Waals surface area (Å²) < 4.78 is 32.7. The average Bonchev–Trinajstić information content (AvgIpc) is 2.75. The van der Waals surface area contributed by atoms with Crippen molar-refractivity contribution in [2.45, 2.75) is 19.8 Å². The molecule has 0 amide bonds. The van der Waals surface area contributed by atoms with Gasteiger partial charge in [0.25, 0.3) is 0 Å². The first-order chi connectivity index (χ1) is 9.88. The molecule has 1 heterocycles. The fourth-order valence-electron chi connectivity index (χ4n) is 2.17. The van der Waals surface area contributed by atoms with Crippen molar-refractivity contribution in [3.05, 3.63) is 40.3 Å². The Morgan fingerprint density at radius 3 is 2.33 bits per heavy atom. The number of nitrogens with two attached hydrogens (primary N) is 1. The summed E-state index contributed by atoms with van der Waals surface area (Å²) in [5.41, 5.74) is 6.61. The highest BCUT2D eigenvalue weighted by Crippen LogP contribution is 2.44. The van der Waals surface area contributed by atoms with E-state index in [2.05, 4.69) is 4.74 Å². The van der Waals surface area contributed by atoms with Gasteiger partial charge in [-0.15, -0.1) is 11.3 Å². The number of thiophene rings is 1. The molecule has 2 aromatic rings. The van der Waals surface area contributed by atoms with Gasteiger partial charge >= 0.3 is 5.97 Å². The minimum Gasteiger partial charge on any atom is -0.465 e. The first-order valence-corrected chi connectivity index (χ1v) is 7.15. The fourth-order valence-corrected chi connectivity index (χ4v) is 3.52. The van der Waals surface area contributed by atoms with Crippen molar-refractivity contribution in [3.8, 4) is 10.4 Å². The lowest BCUT2D eigenvalue weighted by molar-refractivity contribution is 0.0607. The molecule has 112 valence electrons. The maximum atomic E-state index is 14.0. The third-order valence-corrected chi connectivity index (χ3v) is 4.34. The minimum atomic E-state index is -0.686. The van der Waals surface area contributed by atoms with Gasteiger partial charge in [-0.2, -0.15) is 0 Å². The van der Waals surface area contributed by atoms with Gasteiger partial charge in [0.1, 0.15) is 16.5 Å². The number of hydrogen-bond donors (Lipinski definition) is 1. The third-order valence-electron chi connectivity index (χ3n) is 3.12. The van der Waals surface area contributed by atoms with Crippen LogP contribution in [0.25, 0.3) is 10.4 Å². The number of ether oxygens (including phenoxy) is 1. The summed E-state index contributed by atoms with van der Waals surface area (Å²) in [6.07, 6.45) is 0. The van der Waals surface area contributed by atoms with Crippen molar-refractivity contribution in [3.63, 3.8) is 0 Å². The predicted octanol–water partition coefficient (Wildman–Crippen LogP) is 4.19. The Hall–Kier alpha value is -1.95. The highest BCUT2D eigenvalue weighted by Gasteiger charge is 2.27. The SMILES string of the molecule is COC(=O)c1sc(-c2c(F)cccc2F)c(C(C)C)c1N. The highest BCUT2D eigenvalue weighted by molar-refractivity contribution is 7.18. The summed E-state index contributed by atoms with van der Waals surface area (Å²) in [5, 5.41) is 0. The molecule has 0 atom stereocenters. The molecular weight excluding hydrogens is 296 g/mol. The molecule has 6 heteroatoms. The van der Waals surface area contributed by atoms with Crippen LogP contribution in [0.1, 0.15) is 35.0 Å². The number of methoxy groups -OCH3 is 1. The van der Waals surface area contributed by atoms with Crippen molar-refractivity contribution in [2.24, 2.45) is 0 Å². The average molecular weight is 311 g/mol. The lowest BCUT2D eigenvalue weighted by Crippen LogP contribution is -2.03. The maximum absolute atomic E-state index is 14.0. The number of hydrogen-bond acceptors (Lipinski definition) is 4. The summed E-state index contributed by atoms with van der Waals surface area (Å²) in [4.78, 5) is 12.2. The van der Waals surface area contributed by atoms with Crippen molar-refractivity contribution in [1.29, 1.82) is 0 Å². The summed E-state index contributed by atoms with van der Waals surface area (Å²) in [6.45, 7) is 3.70. The van der Waals surface area contributed by atoms with Crippen LogP contribution < -0.4 is 5.73 Å². The molecule has 0 saturated heterocycles. The largest absolute Gasteiger partial charge is 0.465 e. The summed E-state index contributed by atoms with van der Waals surface area (Å²) in [6, 6.07) is 3.65. The second-order valence-electron chi connectivity index (χ2n) is 4.83. The van der Waals surface area contributed by atoms with E-state index in [4.69, 9.17) is 5.73 Å². The molecule has 21 heavy (non-hydrogen) atoms. The molecule has 1 aromatic heterocycles. The third kappa shape index (κ3) is 2.63. The Labute approximate surface area is 125 Å². The Kier molecular flexibility index (Phi) is 4.27. The number of carbonyl (C=O) groups is 1. The van der Waals surface area contributed by atoms with Crippen LogP contribution in [0.5, 0.6) is 0 Å². The smallest absolute Gasteiger partial charge is 0.350 e. The van der Waals surface area contributed by atoms with E-state index >= 15 is 0 Å². The molecular formula is C15H15F2NO2S. The second-order valence-corrected chi connectivity index (χ2v) is 5.85. The zero-order valence-corrected chi connectivity index (χ0v) is 12.7. The van der Waals surface area contributed by atoms with Crippen LogP contribution in [-0.2, 0) is 4.74 Å². The number of halogens is 2. The number of esters is 1. The molecule has 0 bridgehead atoms. The number of rotatable bonds is 3. The Balaban J connectivity index is 2.77. The molecule has 3 nitrogen and oxygen atoms in total. The van der Waals surface area contributed by atoms with Crippen molar-refractivity contribution >= 4 is 23.0 Å². The Morgan fingerprint density at radius 1 is 1.29 bits per heavy atom. The molecule has 0 fully saturated rings. The van der Waals surface area contributed by atoms with E-state index in [1.54, 1.807) is 0 Å². The van der Waals surface area contributed by atoms with Gasteiger partial charge in [-0.1, -0.05) is 19.9 Å². The van der Waals surface area contributed by atoms with Crippen LogP contribution in [0, 0.1) is 11.6 Å². The van der Waals surface area contributed by atoms with E-state index in [1.807, 2.05) is 13.8 Å². The Morgan fingerprint density at radius 2 is 1.86 bits per heavy atom. The van der Waals surface area contributed by atoms with Gasteiger partial charge in [0.05, 0.1) is 18.4 Å². The van der Waals surface area contributed by atoms with Crippen LogP contribution in [0.4, 0.5) is 14.5 Å². The predicted molar refractivity (Wildman–Crippen MR) is 79.5 cm³/mol. The standard InChI is InChI=1S/C15H15F2NO2S/c1-7(2)10-12(18)14(15(19)20-3)21-13(10)11-8(16)5-4-6-9(11)17/h4-7H,18H2,1-3H3. The molecule has 0 aliphatic rings. The van der Waals surface area contributed by atoms with E-state index in [9.17, 15) is 13.6 Å². The summed E-state index contributed by atoms with van der Waals surface area (Å²) in [7, 11) is 1.24. The first-order valence-electron chi connectivity index (χ1n) is 6.33. The molecule has 2 rings (SSSR count). The monoisotopic (exact) mass is 311 g/mol. The Bertz CT molecular complexity index is 675. The van der Waals surface area contributed by atoms with Crippen LogP contribution in [0.2, 0.25) is 0 Å². The van der Waals surface area contributed by atoms with E-state index < -0.39 is 17.6 Å². The minimum absolute atomic E-state index is 0.0892. The number of nitrogen functional groups attached to an aromatic ring is 1. The van der Waals surface area contributed by atoms with Gasteiger partial charge in [-0.25, -0.2) is 13.6 Å². The molecule has 0 saturated carbocycles. The van der Waals surface area contributed by atoms with Crippen LogP contribution in [0.15, 0.2) is 18.2 Å². The topological polar surface area (TPSA) is 52.3 Å². The number of benzene rings is 1. The van der Waals surface area contributed by atoms with Crippen LogP contribution in [0.3, 0.4) is 0 Å². The zero-order valence-electron chi connectivity index (χ0n) is 11.9. The van der Waals surface area contributed by atoms with Crippen molar-refractivity contribution in [2.75, 3.05) is 12.8 Å². The quantitative estimate of drug-likeness (QED) is 0.865. The molecule has 0 spiro atoms. The lowest BCUT2D eigenvalue weighted by atomic mass is 9.98. The molecule has 2 N–H and O–H groups in total. The van der Waals surface area contributed by atoms with E-state index in [0.717, 1.165) is 11.3 Å². The van der Waals surface area contributed by atoms with Gasteiger partial charge < -0.3 is 10.5 Å². The van der Waals surface area contributed by atoms with Gasteiger partial charge in [0.2, 0.25) is 0 Å². The first kappa shape index (κ1) is 15.4. The highest BCUT2D eigenvalue weighted by atomic mass is 32.1. The number of anilines is 1. The molecule has 0 unspecified atom stereocenters. The van der Waals surface area contributed by atoms with Crippen LogP contribution in [-0.4, -0.2) is 13.1 Å². The molecule has 0 radical (unpaired) electrons. The molecule has 0 aliphatic heterocycles. The normalized spacial score (nSPS) is 11.0. The van der Waals surface area contributed by atoms with Gasteiger partial charge in [0.15, 0.2) is 0 Å². The van der Waals surface area contributed by atoms with E-state index in [0.29, 0.717) is 10.4 Å². The van der Waals surface area contributed by atoms with Crippen molar-refractivity contribution < 1.29 is 18.3 Å². The summed E-state index contributed by atoms with van der Waals surface area (Å²) >= 11 is 0.949. The molecule has 1 aromatic carbocycles. The van der Waals surface area contributed by atoms with Crippen LogP contribution >= 0.6 is 11.3 Å². The van der Waals surface area contributed by atoms with E-state index in [-0.39, 0.29) is 22.0 Å². The van der Waals surface area contributed by atoms with E-state index in [1.165, 1.54) is 25.3 Å². The van der Waals surface area contributed by atoms with Gasteiger partial charge in [0, 0.05) is 4.88 Å². The van der Waals surface area contributed by atoms with Gasteiger partial charge in [-0.05, 0) is 23.6 Å². The second kappa shape index (κ2) is 5.81. The lowest BCUT2D eigenvalue weighted by Gasteiger charge is -2.10. The number of carbonyl (C=O) groups excluding carboxylic acids is 1. The maximum Gasteiger partial charge on any atom is 0.350 e. The van der Waals surface area contributed by atoms with Crippen molar-refractivity contribution in [1.82, 2.24) is 0 Å². The molecule has 0 aliphatic carbocycles. The van der Waals surface area contributed by atoms with Gasteiger partial charge in [-0.3, -0.25) is 0 Å². The summed E-state index contributed by atoms with van der Waals surface area (Å²) in [5.74, 6) is -2.07. The zero-order chi connectivity index (χ0) is 15.7. The fraction of sp³-hybridized carbons (Fsp3) is 0.267.